The third-order valence-electron chi connectivity index (χ3n) is 4.74. The van der Waals surface area contributed by atoms with Crippen molar-refractivity contribution in [2.75, 3.05) is 31.6 Å². The van der Waals surface area contributed by atoms with Gasteiger partial charge in [-0.15, -0.1) is 0 Å². The van der Waals surface area contributed by atoms with Crippen molar-refractivity contribution in [3.8, 4) is 0 Å². The van der Waals surface area contributed by atoms with Crippen LogP contribution in [0.15, 0.2) is 83.5 Å². The predicted molar refractivity (Wildman–Crippen MR) is 111 cm³/mol. The van der Waals surface area contributed by atoms with Gasteiger partial charge in [0.15, 0.2) is 18.3 Å². The molecule has 3 N–H and O–H groups in total. The molecule has 1 aromatic heterocycles. The van der Waals surface area contributed by atoms with E-state index in [1.54, 1.807) is 6.26 Å². The molecule has 0 aliphatic heterocycles. The van der Waals surface area contributed by atoms with Crippen molar-refractivity contribution >= 4 is 11.6 Å². The van der Waals surface area contributed by atoms with Gasteiger partial charge >= 0.3 is 0 Å². The van der Waals surface area contributed by atoms with Gasteiger partial charge in [-0.05, 0) is 30.7 Å². The maximum absolute atomic E-state index is 12.3. The van der Waals surface area contributed by atoms with Crippen LogP contribution in [0, 0.1) is 0 Å². The fourth-order valence-corrected chi connectivity index (χ4v) is 3.20. The van der Waals surface area contributed by atoms with Crippen LogP contribution in [-0.2, 0) is 4.79 Å². The summed E-state index contributed by atoms with van der Waals surface area (Å²) in [7, 11) is 2.07. The second-order valence-corrected chi connectivity index (χ2v) is 6.80. The van der Waals surface area contributed by atoms with Crippen LogP contribution >= 0.6 is 0 Å². The molecule has 1 heterocycles. The Bertz CT molecular complexity index is 820. The molecule has 2 aromatic carbocycles. The first-order valence-corrected chi connectivity index (χ1v) is 9.68. The highest BCUT2D eigenvalue weighted by Gasteiger charge is 2.21. The first-order chi connectivity index (χ1) is 13.7. The molecular weight excluding hydrogens is 350 g/mol. The topological polar surface area (TPSA) is 62.1 Å². The second-order valence-electron chi connectivity index (χ2n) is 6.80. The Morgan fingerprint density at radius 1 is 1.04 bits per heavy atom. The number of benzene rings is 2. The maximum atomic E-state index is 12.3. The highest BCUT2D eigenvalue weighted by Crippen LogP contribution is 2.18. The van der Waals surface area contributed by atoms with Gasteiger partial charge in [0.25, 0.3) is 5.91 Å². The van der Waals surface area contributed by atoms with E-state index in [0.717, 1.165) is 24.3 Å². The second kappa shape index (κ2) is 10.3. The number of anilines is 1. The number of furan rings is 1. The van der Waals surface area contributed by atoms with Crippen molar-refractivity contribution in [3.05, 3.63) is 90.4 Å². The molecule has 1 amide bonds. The third-order valence-corrected chi connectivity index (χ3v) is 4.74. The molecule has 0 saturated heterocycles. The van der Waals surface area contributed by atoms with Gasteiger partial charge in [0.2, 0.25) is 0 Å². The van der Waals surface area contributed by atoms with Crippen molar-refractivity contribution in [3.63, 3.8) is 0 Å². The number of carbonyl (C=O) groups is 1. The molecule has 0 spiro atoms. The van der Waals surface area contributed by atoms with Gasteiger partial charge in [-0.3, -0.25) is 4.79 Å². The highest BCUT2D eigenvalue weighted by atomic mass is 16.3. The molecule has 0 radical (unpaired) electrons. The van der Waals surface area contributed by atoms with E-state index in [1.807, 2.05) is 53.8 Å². The summed E-state index contributed by atoms with van der Waals surface area (Å²) < 4.78 is 5.58. The molecular formula is C23H28N3O2+. The molecule has 28 heavy (non-hydrogen) atoms. The predicted octanol–water partition coefficient (Wildman–Crippen LogP) is 2.58. The summed E-state index contributed by atoms with van der Waals surface area (Å²) in [4.78, 5) is 14.5. The minimum atomic E-state index is -0.0221. The minimum absolute atomic E-state index is 0.0221. The zero-order valence-corrected chi connectivity index (χ0v) is 16.3. The fraction of sp³-hybridized carbons (Fsp3) is 0.261. The van der Waals surface area contributed by atoms with Gasteiger partial charge in [-0.25, -0.2) is 0 Å². The summed E-state index contributed by atoms with van der Waals surface area (Å²) in [5, 5.41) is 5.03. The van der Waals surface area contributed by atoms with E-state index < -0.39 is 0 Å². The van der Waals surface area contributed by atoms with Crippen LogP contribution in [0.1, 0.15) is 23.8 Å². The average molecular weight is 378 g/mol. The molecule has 0 aliphatic rings. The fourth-order valence-electron chi connectivity index (χ4n) is 3.20. The Morgan fingerprint density at radius 2 is 1.75 bits per heavy atom. The van der Waals surface area contributed by atoms with Crippen LogP contribution in [0.25, 0.3) is 0 Å². The number of nitrogens with two attached hydrogens (primary N) is 1. The minimum Gasteiger partial charge on any atom is -0.463 e. The van der Waals surface area contributed by atoms with E-state index in [1.165, 1.54) is 5.69 Å². The van der Waals surface area contributed by atoms with E-state index in [9.17, 15) is 4.79 Å². The first kappa shape index (κ1) is 19.7. The van der Waals surface area contributed by atoms with E-state index in [2.05, 4.69) is 41.5 Å². The van der Waals surface area contributed by atoms with Crippen molar-refractivity contribution in [2.24, 2.45) is 0 Å². The Balaban J connectivity index is 1.43. The molecule has 3 aromatic rings. The molecule has 0 bridgehead atoms. The molecule has 0 saturated carbocycles. The molecule has 0 fully saturated rings. The van der Waals surface area contributed by atoms with Crippen molar-refractivity contribution in [1.29, 1.82) is 0 Å². The molecule has 0 aliphatic carbocycles. The SMILES string of the molecule is CN(CCCNC(=O)C[NH2+][C@H](c1ccccc1)c1ccco1)c1ccccc1. The van der Waals surface area contributed by atoms with E-state index in [-0.39, 0.29) is 11.9 Å². The van der Waals surface area contributed by atoms with E-state index in [4.69, 9.17) is 4.42 Å². The lowest BCUT2D eigenvalue weighted by Gasteiger charge is -2.19. The van der Waals surface area contributed by atoms with Gasteiger partial charge in [0.05, 0.1) is 6.26 Å². The zero-order valence-electron chi connectivity index (χ0n) is 16.3. The van der Waals surface area contributed by atoms with Gasteiger partial charge < -0.3 is 20.0 Å². The Labute approximate surface area is 166 Å². The summed E-state index contributed by atoms with van der Waals surface area (Å²) in [5.74, 6) is 0.887. The Morgan fingerprint density at radius 3 is 2.43 bits per heavy atom. The largest absolute Gasteiger partial charge is 0.463 e. The highest BCUT2D eigenvalue weighted by molar-refractivity contribution is 5.76. The average Bonchev–Trinajstić information content (AvgIpc) is 3.27. The molecule has 146 valence electrons. The molecule has 5 nitrogen and oxygen atoms in total. The summed E-state index contributed by atoms with van der Waals surface area (Å²) in [6.07, 6.45) is 2.57. The summed E-state index contributed by atoms with van der Waals surface area (Å²) in [5.41, 5.74) is 2.31. The van der Waals surface area contributed by atoms with Crippen LogP contribution in [-0.4, -0.2) is 32.6 Å². The number of nitrogens with one attached hydrogen (secondary N) is 1. The first-order valence-electron chi connectivity index (χ1n) is 9.68. The number of hydrogen-bond acceptors (Lipinski definition) is 3. The van der Waals surface area contributed by atoms with Gasteiger partial charge in [0.1, 0.15) is 0 Å². The molecule has 3 rings (SSSR count). The number of para-hydroxylation sites is 1. The molecule has 0 unspecified atom stereocenters. The smallest absolute Gasteiger partial charge is 0.275 e. The van der Waals surface area contributed by atoms with Crippen LogP contribution < -0.4 is 15.5 Å². The van der Waals surface area contributed by atoms with Crippen LogP contribution in [0.5, 0.6) is 0 Å². The van der Waals surface area contributed by atoms with Crippen LogP contribution in [0.4, 0.5) is 5.69 Å². The van der Waals surface area contributed by atoms with Crippen LogP contribution in [0.3, 0.4) is 0 Å². The van der Waals surface area contributed by atoms with E-state index in [0.29, 0.717) is 13.1 Å². The Kier molecular flexibility index (Phi) is 7.27. The van der Waals surface area contributed by atoms with Gasteiger partial charge in [-0.2, -0.15) is 0 Å². The quantitative estimate of drug-likeness (QED) is 0.533. The number of nitrogens with zero attached hydrogens (tertiary/aromatic N) is 1. The standard InChI is InChI=1S/C23H27N3O2/c1-26(20-12-6-3-7-13-20)16-9-15-24-22(27)18-25-23(21-14-8-17-28-21)19-10-4-2-5-11-19/h2-8,10-14,17,23,25H,9,15-16,18H2,1H3,(H,24,27)/p+1/t23-/m1/s1. The van der Waals surface area contributed by atoms with Crippen LogP contribution in [0.2, 0.25) is 0 Å². The Hall–Kier alpha value is -3.05. The lowest BCUT2D eigenvalue weighted by Crippen LogP contribution is -2.87. The summed E-state index contributed by atoms with van der Waals surface area (Å²) in [6.45, 7) is 1.92. The normalized spacial score (nSPS) is 11.8. The molecule has 1 atom stereocenters. The maximum Gasteiger partial charge on any atom is 0.275 e. The van der Waals surface area contributed by atoms with Crippen molar-refractivity contribution in [2.45, 2.75) is 12.5 Å². The van der Waals surface area contributed by atoms with Crippen molar-refractivity contribution in [1.82, 2.24) is 5.32 Å². The third kappa shape index (κ3) is 5.72. The number of hydrogen-bond donors (Lipinski definition) is 2. The number of carbonyl (C=O) groups excluding carboxylic acids is 1. The summed E-state index contributed by atoms with van der Waals surface area (Å²) in [6, 6.07) is 24.2. The lowest BCUT2D eigenvalue weighted by molar-refractivity contribution is -0.678. The number of amides is 1. The lowest BCUT2D eigenvalue weighted by atomic mass is 10.0. The zero-order chi connectivity index (χ0) is 19.6. The van der Waals surface area contributed by atoms with Crippen molar-refractivity contribution < 1.29 is 14.5 Å². The van der Waals surface area contributed by atoms with E-state index >= 15 is 0 Å². The monoisotopic (exact) mass is 378 g/mol. The number of rotatable bonds is 10. The van der Waals surface area contributed by atoms with Gasteiger partial charge in [-0.1, -0.05) is 48.5 Å². The summed E-state index contributed by atoms with van der Waals surface area (Å²) >= 11 is 0. The van der Waals surface area contributed by atoms with Gasteiger partial charge in [0, 0.05) is 31.4 Å². The number of quaternary nitrogens is 1. The molecule has 5 heteroatoms.